The molecule has 1 N–H and O–H groups in total. The SMILES string of the molecule is COc1cc2c(c(O)c1C)C(=O)c1c(cc(OC)c(OC)c1OC)C2=O. The standard InChI is InChI=1S/C19H18O7/c1-8-11(23-2)6-9-13(15(8)20)17(22)14-10(16(9)21)7-12(24-3)18(25-4)19(14)26-5/h6-7,20H,1-5H3. The van der Waals surface area contributed by atoms with Gasteiger partial charge in [-0.05, 0) is 19.1 Å². The first kappa shape index (κ1) is 17.6. The Morgan fingerprint density at radius 1 is 0.731 bits per heavy atom. The fraction of sp³-hybridized carbons (Fsp3) is 0.263. The van der Waals surface area contributed by atoms with E-state index in [1.807, 2.05) is 0 Å². The van der Waals surface area contributed by atoms with Gasteiger partial charge in [0.1, 0.15) is 11.5 Å². The molecule has 0 unspecified atom stereocenters. The maximum Gasteiger partial charge on any atom is 0.204 e. The summed E-state index contributed by atoms with van der Waals surface area (Å²) < 4.78 is 21.1. The number of phenols is 1. The first-order valence-electron chi connectivity index (χ1n) is 7.74. The molecule has 0 bridgehead atoms. The number of fused-ring (bicyclic) bond motifs is 2. The van der Waals surface area contributed by atoms with Crippen LogP contribution in [0.15, 0.2) is 12.1 Å². The van der Waals surface area contributed by atoms with Crippen LogP contribution >= 0.6 is 0 Å². The van der Waals surface area contributed by atoms with Crippen molar-refractivity contribution in [2.45, 2.75) is 6.92 Å². The average molecular weight is 358 g/mol. The number of ketones is 2. The largest absolute Gasteiger partial charge is 0.507 e. The summed E-state index contributed by atoms with van der Waals surface area (Å²) in [7, 11) is 5.62. The van der Waals surface area contributed by atoms with Gasteiger partial charge in [-0.3, -0.25) is 9.59 Å². The molecule has 0 radical (unpaired) electrons. The van der Waals surface area contributed by atoms with Crippen LogP contribution in [-0.2, 0) is 0 Å². The van der Waals surface area contributed by atoms with Crippen LogP contribution in [0.3, 0.4) is 0 Å². The average Bonchev–Trinajstić information content (AvgIpc) is 2.65. The summed E-state index contributed by atoms with van der Waals surface area (Å²) >= 11 is 0. The molecule has 7 nitrogen and oxygen atoms in total. The summed E-state index contributed by atoms with van der Waals surface area (Å²) in [5.41, 5.74) is 0.503. The second-order valence-corrected chi connectivity index (χ2v) is 5.70. The van der Waals surface area contributed by atoms with E-state index < -0.39 is 11.6 Å². The van der Waals surface area contributed by atoms with Crippen molar-refractivity contribution < 1.29 is 33.6 Å². The van der Waals surface area contributed by atoms with Gasteiger partial charge in [0.2, 0.25) is 11.5 Å². The number of methoxy groups -OCH3 is 4. The van der Waals surface area contributed by atoms with Crippen molar-refractivity contribution in [3.8, 4) is 28.7 Å². The molecule has 3 rings (SSSR count). The Kier molecular flexibility index (Phi) is 4.23. The molecule has 0 aromatic heterocycles. The molecule has 2 aromatic carbocycles. The minimum absolute atomic E-state index is 0.0301. The molecule has 0 saturated carbocycles. The van der Waals surface area contributed by atoms with E-state index in [1.54, 1.807) is 6.92 Å². The summed E-state index contributed by atoms with van der Waals surface area (Å²) in [6.07, 6.45) is 0. The van der Waals surface area contributed by atoms with Crippen molar-refractivity contribution in [3.63, 3.8) is 0 Å². The van der Waals surface area contributed by atoms with Gasteiger partial charge in [0, 0.05) is 16.7 Å². The third-order valence-corrected chi connectivity index (χ3v) is 4.50. The molecule has 0 atom stereocenters. The summed E-state index contributed by atoms with van der Waals surface area (Å²) in [5, 5.41) is 10.5. The number of phenolic OH excluding ortho intramolecular Hbond substituents is 1. The van der Waals surface area contributed by atoms with E-state index in [1.165, 1.54) is 40.6 Å². The van der Waals surface area contributed by atoms with Crippen LogP contribution in [-0.4, -0.2) is 45.1 Å². The van der Waals surface area contributed by atoms with Crippen molar-refractivity contribution in [2.75, 3.05) is 28.4 Å². The van der Waals surface area contributed by atoms with Gasteiger partial charge in [-0.15, -0.1) is 0 Å². The lowest BCUT2D eigenvalue weighted by Crippen LogP contribution is -2.23. The molecule has 0 amide bonds. The first-order valence-corrected chi connectivity index (χ1v) is 7.74. The van der Waals surface area contributed by atoms with Crippen LogP contribution in [0.1, 0.15) is 37.4 Å². The molecule has 26 heavy (non-hydrogen) atoms. The summed E-state index contributed by atoms with van der Waals surface area (Å²) in [4.78, 5) is 26.2. The Morgan fingerprint density at radius 2 is 1.27 bits per heavy atom. The van der Waals surface area contributed by atoms with Gasteiger partial charge in [-0.25, -0.2) is 0 Å². The van der Waals surface area contributed by atoms with Gasteiger partial charge in [0.15, 0.2) is 17.3 Å². The van der Waals surface area contributed by atoms with Gasteiger partial charge < -0.3 is 24.1 Å². The number of carbonyl (C=O) groups is 2. The Hall–Kier alpha value is -3.22. The third-order valence-electron chi connectivity index (χ3n) is 4.50. The minimum Gasteiger partial charge on any atom is -0.507 e. The predicted molar refractivity (Wildman–Crippen MR) is 92.4 cm³/mol. The second kappa shape index (κ2) is 6.25. The van der Waals surface area contributed by atoms with E-state index in [0.717, 1.165) is 0 Å². The monoisotopic (exact) mass is 358 g/mol. The van der Waals surface area contributed by atoms with E-state index in [-0.39, 0.29) is 45.3 Å². The molecule has 0 heterocycles. The number of hydrogen-bond donors (Lipinski definition) is 1. The van der Waals surface area contributed by atoms with E-state index in [2.05, 4.69) is 0 Å². The molecule has 0 saturated heterocycles. The molecule has 1 aliphatic rings. The lowest BCUT2D eigenvalue weighted by Gasteiger charge is -2.24. The third kappa shape index (κ3) is 2.20. The van der Waals surface area contributed by atoms with Gasteiger partial charge in [-0.2, -0.15) is 0 Å². The number of carbonyl (C=O) groups excluding carboxylic acids is 2. The molecular weight excluding hydrogens is 340 g/mol. The highest BCUT2D eigenvalue weighted by atomic mass is 16.5. The maximum atomic E-state index is 13.1. The fourth-order valence-electron chi connectivity index (χ4n) is 3.20. The molecule has 0 aliphatic heterocycles. The topological polar surface area (TPSA) is 91.3 Å². The van der Waals surface area contributed by atoms with E-state index in [4.69, 9.17) is 18.9 Å². The van der Waals surface area contributed by atoms with Crippen LogP contribution in [0.2, 0.25) is 0 Å². The Morgan fingerprint density at radius 3 is 1.81 bits per heavy atom. The van der Waals surface area contributed by atoms with Crippen LogP contribution in [0.25, 0.3) is 0 Å². The lowest BCUT2D eigenvalue weighted by atomic mass is 9.81. The summed E-state index contributed by atoms with van der Waals surface area (Å²) in [6.45, 7) is 1.60. The van der Waals surface area contributed by atoms with Crippen molar-refractivity contribution >= 4 is 11.6 Å². The van der Waals surface area contributed by atoms with Gasteiger partial charge in [0.05, 0.1) is 39.6 Å². The molecule has 136 valence electrons. The van der Waals surface area contributed by atoms with Gasteiger partial charge >= 0.3 is 0 Å². The van der Waals surface area contributed by atoms with Crippen molar-refractivity contribution in [1.29, 1.82) is 0 Å². The second-order valence-electron chi connectivity index (χ2n) is 5.70. The van der Waals surface area contributed by atoms with Gasteiger partial charge in [-0.1, -0.05) is 0 Å². The van der Waals surface area contributed by atoms with Crippen LogP contribution < -0.4 is 18.9 Å². The zero-order valence-corrected chi connectivity index (χ0v) is 15.1. The zero-order valence-electron chi connectivity index (χ0n) is 15.1. The van der Waals surface area contributed by atoms with Crippen molar-refractivity contribution in [2.24, 2.45) is 0 Å². The zero-order chi connectivity index (χ0) is 19.2. The smallest absolute Gasteiger partial charge is 0.204 e. The van der Waals surface area contributed by atoms with E-state index in [9.17, 15) is 14.7 Å². The lowest BCUT2D eigenvalue weighted by molar-refractivity contribution is 0.0972. The normalized spacial score (nSPS) is 12.3. The number of hydrogen-bond acceptors (Lipinski definition) is 7. The molecule has 0 fully saturated rings. The number of aromatic hydroxyl groups is 1. The van der Waals surface area contributed by atoms with Crippen LogP contribution in [0.5, 0.6) is 28.7 Å². The van der Waals surface area contributed by atoms with E-state index in [0.29, 0.717) is 11.3 Å². The number of benzene rings is 2. The van der Waals surface area contributed by atoms with Crippen LogP contribution in [0, 0.1) is 6.92 Å². The van der Waals surface area contributed by atoms with Crippen molar-refractivity contribution in [3.05, 3.63) is 39.9 Å². The molecule has 0 spiro atoms. The highest BCUT2D eigenvalue weighted by Crippen LogP contribution is 2.47. The predicted octanol–water partition coefficient (Wildman–Crippen LogP) is 2.51. The molecule has 7 heteroatoms. The molecule has 2 aromatic rings. The highest BCUT2D eigenvalue weighted by Gasteiger charge is 2.38. The molecule has 1 aliphatic carbocycles. The van der Waals surface area contributed by atoms with Gasteiger partial charge in [0.25, 0.3) is 0 Å². The number of ether oxygens (including phenoxy) is 4. The Balaban J connectivity index is 2.40. The Bertz CT molecular complexity index is 944. The molecular formula is C19H18O7. The van der Waals surface area contributed by atoms with E-state index >= 15 is 0 Å². The quantitative estimate of drug-likeness (QED) is 0.766. The maximum absolute atomic E-state index is 13.1. The van der Waals surface area contributed by atoms with Crippen LogP contribution in [0.4, 0.5) is 0 Å². The number of rotatable bonds is 4. The Labute approximate surface area is 150 Å². The highest BCUT2D eigenvalue weighted by molar-refractivity contribution is 6.31. The summed E-state index contributed by atoms with van der Waals surface area (Å²) in [6, 6.07) is 2.89. The minimum atomic E-state index is -0.532. The fourth-order valence-corrected chi connectivity index (χ4v) is 3.20. The first-order chi connectivity index (χ1) is 12.4. The van der Waals surface area contributed by atoms with Crippen molar-refractivity contribution in [1.82, 2.24) is 0 Å². The summed E-state index contributed by atoms with van der Waals surface area (Å²) in [5.74, 6) is -0.408.